The first kappa shape index (κ1) is 14.0. The van der Waals surface area contributed by atoms with Gasteiger partial charge in [0.15, 0.2) is 9.84 Å². The molecular formula is C14H18FNO3S. The molecule has 3 rings (SSSR count). The van der Waals surface area contributed by atoms with Crippen LogP contribution in [0.25, 0.3) is 0 Å². The number of halogens is 1. The van der Waals surface area contributed by atoms with Gasteiger partial charge in [-0.25, -0.2) is 12.8 Å². The maximum atomic E-state index is 13.4. The van der Waals surface area contributed by atoms with Crippen LogP contribution in [0.5, 0.6) is 0 Å². The Balaban J connectivity index is 1.85. The van der Waals surface area contributed by atoms with Crippen molar-refractivity contribution >= 4 is 9.84 Å². The standard InChI is InChI=1S/C14H18FNO3S/c15-10-2-3-13-11(8-10)12(4-7-20(13,18)19)16-9-14(17)5-1-6-14/h2-3,8,12,16-17H,1,4-7,9H2. The van der Waals surface area contributed by atoms with Crippen LogP contribution in [0, 0.1) is 5.82 Å². The fourth-order valence-electron chi connectivity index (χ4n) is 2.90. The van der Waals surface area contributed by atoms with Gasteiger partial charge in [-0.15, -0.1) is 0 Å². The van der Waals surface area contributed by atoms with Crippen molar-refractivity contribution in [1.82, 2.24) is 5.32 Å². The molecule has 1 heterocycles. The van der Waals surface area contributed by atoms with Crippen LogP contribution in [-0.2, 0) is 9.84 Å². The quantitative estimate of drug-likeness (QED) is 0.831. The molecule has 1 aromatic rings. The second-order valence-corrected chi connectivity index (χ2v) is 7.88. The lowest BCUT2D eigenvalue weighted by Crippen LogP contribution is -2.47. The molecule has 1 atom stereocenters. The number of hydrogen-bond acceptors (Lipinski definition) is 4. The molecule has 1 unspecified atom stereocenters. The summed E-state index contributed by atoms with van der Waals surface area (Å²) in [6, 6.07) is 3.59. The monoisotopic (exact) mass is 299 g/mol. The summed E-state index contributed by atoms with van der Waals surface area (Å²) in [5, 5.41) is 13.3. The lowest BCUT2D eigenvalue weighted by molar-refractivity contribution is -0.0334. The van der Waals surface area contributed by atoms with E-state index in [0.717, 1.165) is 19.3 Å². The van der Waals surface area contributed by atoms with E-state index in [2.05, 4.69) is 5.32 Å². The van der Waals surface area contributed by atoms with Crippen LogP contribution in [-0.4, -0.2) is 31.4 Å². The number of benzene rings is 1. The average molecular weight is 299 g/mol. The summed E-state index contributed by atoms with van der Waals surface area (Å²) in [7, 11) is -3.31. The third-order valence-electron chi connectivity index (χ3n) is 4.32. The van der Waals surface area contributed by atoms with Crippen molar-refractivity contribution in [1.29, 1.82) is 0 Å². The number of aliphatic hydroxyl groups is 1. The summed E-state index contributed by atoms with van der Waals surface area (Å²) in [5.41, 5.74) is -0.191. The first-order valence-electron chi connectivity index (χ1n) is 6.88. The van der Waals surface area contributed by atoms with E-state index in [1.165, 1.54) is 18.2 Å². The maximum Gasteiger partial charge on any atom is 0.178 e. The minimum Gasteiger partial charge on any atom is -0.389 e. The zero-order valence-corrected chi connectivity index (χ0v) is 11.9. The number of nitrogens with one attached hydrogen (secondary N) is 1. The highest BCUT2D eigenvalue weighted by atomic mass is 32.2. The molecule has 0 spiro atoms. The molecule has 1 fully saturated rings. The smallest absolute Gasteiger partial charge is 0.178 e. The highest BCUT2D eigenvalue weighted by Gasteiger charge is 2.36. The van der Waals surface area contributed by atoms with Crippen molar-refractivity contribution in [3.05, 3.63) is 29.6 Å². The molecule has 110 valence electrons. The number of rotatable bonds is 3. The van der Waals surface area contributed by atoms with Crippen LogP contribution < -0.4 is 5.32 Å². The van der Waals surface area contributed by atoms with Crippen molar-refractivity contribution in [2.45, 2.75) is 42.2 Å². The largest absolute Gasteiger partial charge is 0.389 e. The lowest BCUT2D eigenvalue weighted by atomic mass is 9.80. The topological polar surface area (TPSA) is 66.4 Å². The highest BCUT2D eigenvalue weighted by molar-refractivity contribution is 7.91. The van der Waals surface area contributed by atoms with Gasteiger partial charge in [0, 0.05) is 12.6 Å². The predicted molar refractivity (Wildman–Crippen MR) is 72.6 cm³/mol. The van der Waals surface area contributed by atoms with Gasteiger partial charge < -0.3 is 10.4 Å². The van der Waals surface area contributed by atoms with Gasteiger partial charge in [0.1, 0.15) is 5.82 Å². The Labute approximate surface area is 117 Å². The van der Waals surface area contributed by atoms with E-state index < -0.39 is 21.3 Å². The van der Waals surface area contributed by atoms with Gasteiger partial charge in [-0.1, -0.05) is 0 Å². The van der Waals surface area contributed by atoms with E-state index in [9.17, 15) is 17.9 Å². The van der Waals surface area contributed by atoms with E-state index >= 15 is 0 Å². The van der Waals surface area contributed by atoms with E-state index in [4.69, 9.17) is 0 Å². The maximum absolute atomic E-state index is 13.4. The molecule has 0 radical (unpaired) electrons. The fraction of sp³-hybridized carbons (Fsp3) is 0.571. The van der Waals surface area contributed by atoms with Crippen LogP contribution >= 0.6 is 0 Å². The summed E-state index contributed by atoms with van der Waals surface area (Å²) in [4.78, 5) is 0.211. The Morgan fingerprint density at radius 1 is 1.40 bits per heavy atom. The number of hydrogen-bond donors (Lipinski definition) is 2. The minimum absolute atomic E-state index is 0.0573. The molecule has 1 saturated carbocycles. The van der Waals surface area contributed by atoms with Crippen LogP contribution in [0.3, 0.4) is 0 Å². The Morgan fingerprint density at radius 2 is 2.15 bits per heavy atom. The molecule has 1 aromatic carbocycles. The number of sulfone groups is 1. The molecule has 2 aliphatic rings. The highest BCUT2D eigenvalue weighted by Crippen LogP contribution is 2.35. The molecule has 4 nitrogen and oxygen atoms in total. The summed E-state index contributed by atoms with van der Waals surface area (Å²) < 4.78 is 37.4. The molecule has 0 saturated heterocycles. The third-order valence-corrected chi connectivity index (χ3v) is 6.13. The minimum atomic E-state index is -3.31. The number of fused-ring (bicyclic) bond motifs is 1. The van der Waals surface area contributed by atoms with Gasteiger partial charge in [-0.2, -0.15) is 0 Å². The van der Waals surface area contributed by atoms with Gasteiger partial charge in [0.2, 0.25) is 0 Å². The SMILES string of the molecule is O=S1(=O)CCC(NCC2(O)CCC2)c2cc(F)ccc21. The second kappa shape index (κ2) is 4.79. The summed E-state index contributed by atoms with van der Waals surface area (Å²) in [6.07, 6.45) is 2.96. The van der Waals surface area contributed by atoms with E-state index in [1.807, 2.05) is 0 Å². The molecule has 0 amide bonds. The molecule has 6 heteroatoms. The molecule has 20 heavy (non-hydrogen) atoms. The predicted octanol–water partition coefficient (Wildman–Crippen LogP) is 1.55. The van der Waals surface area contributed by atoms with E-state index in [0.29, 0.717) is 18.5 Å². The molecule has 1 aliphatic carbocycles. The van der Waals surface area contributed by atoms with E-state index in [-0.39, 0.29) is 16.7 Å². The van der Waals surface area contributed by atoms with Gasteiger partial charge in [0.25, 0.3) is 0 Å². The van der Waals surface area contributed by atoms with Crippen LogP contribution in [0.15, 0.2) is 23.1 Å². The Kier molecular flexibility index (Phi) is 3.35. The summed E-state index contributed by atoms with van der Waals surface area (Å²) >= 11 is 0. The van der Waals surface area contributed by atoms with E-state index in [1.54, 1.807) is 0 Å². The molecule has 1 aliphatic heterocycles. The molecule has 2 N–H and O–H groups in total. The zero-order valence-electron chi connectivity index (χ0n) is 11.1. The molecule has 0 bridgehead atoms. The molecular weight excluding hydrogens is 281 g/mol. The fourth-order valence-corrected chi connectivity index (χ4v) is 4.50. The van der Waals surface area contributed by atoms with Crippen molar-refractivity contribution in [3.63, 3.8) is 0 Å². The van der Waals surface area contributed by atoms with Crippen LogP contribution in [0.2, 0.25) is 0 Å². The van der Waals surface area contributed by atoms with Gasteiger partial charge in [0.05, 0.1) is 16.2 Å². The van der Waals surface area contributed by atoms with Crippen molar-refractivity contribution in [3.8, 4) is 0 Å². The third kappa shape index (κ3) is 2.47. The first-order valence-corrected chi connectivity index (χ1v) is 8.53. The lowest BCUT2D eigenvalue weighted by Gasteiger charge is -2.38. The Morgan fingerprint density at radius 3 is 2.80 bits per heavy atom. The molecule has 0 aromatic heterocycles. The van der Waals surface area contributed by atoms with Crippen molar-refractivity contribution < 1.29 is 17.9 Å². The summed E-state index contributed by atoms with van der Waals surface area (Å²) in [5.74, 6) is -0.378. The van der Waals surface area contributed by atoms with Gasteiger partial charge in [-0.3, -0.25) is 0 Å². The Hall–Kier alpha value is -0.980. The van der Waals surface area contributed by atoms with Crippen LogP contribution in [0.1, 0.15) is 37.3 Å². The van der Waals surface area contributed by atoms with Crippen molar-refractivity contribution in [2.24, 2.45) is 0 Å². The average Bonchev–Trinajstić information content (AvgIpc) is 2.35. The Bertz CT molecular complexity index is 625. The van der Waals surface area contributed by atoms with Crippen LogP contribution in [0.4, 0.5) is 4.39 Å². The summed E-state index contributed by atoms with van der Waals surface area (Å²) in [6.45, 7) is 0.424. The zero-order chi connectivity index (χ0) is 14.4. The second-order valence-electron chi connectivity index (χ2n) is 5.80. The first-order chi connectivity index (χ1) is 9.40. The van der Waals surface area contributed by atoms with Crippen molar-refractivity contribution in [2.75, 3.05) is 12.3 Å². The normalized spacial score (nSPS) is 26.6. The van der Waals surface area contributed by atoms with Gasteiger partial charge >= 0.3 is 0 Å². The van der Waals surface area contributed by atoms with Gasteiger partial charge in [-0.05, 0) is 49.4 Å².